The molecule has 0 fully saturated rings. The van der Waals surface area contributed by atoms with E-state index in [1.165, 1.54) is 5.56 Å². The lowest BCUT2D eigenvalue weighted by molar-refractivity contribution is 0.243. The molecule has 0 aliphatic rings. The van der Waals surface area contributed by atoms with Gasteiger partial charge in [-0.15, -0.1) is 10.2 Å². The maximum absolute atomic E-state index is 5.83. The first-order valence-electron chi connectivity index (χ1n) is 7.60. The van der Waals surface area contributed by atoms with Gasteiger partial charge in [0.2, 0.25) is 11.8 Å². The summed E-state index contributed by atoms with van der Waals surface area (Å²) in [5, 5.41) is 8.35. The van der Waals surface area contributed by atoms with E-state index in [0.29, 0.717) is 18.3 Å². The highest BCUT2D eigenvalue weighted by Crippen LogP contribution is 2.26. The number of nitrogens with zero attached hydrogens (tertiary/aromatic N) is 3. The van der Waals surface area contributed by atoms with Crippen molar-refractivity contribution in [1.82, 2.24) is 15.1 Å². The third-order valence-corrected chi connectivity index (χ3v) is 4.32. The second-order valence-electron chi connectivity index (χ2n) is 5.27. The molecular weight excluding hydrogens is 354 g/mol. The SMILES string of the molecule is CCN(Cc1ccccc1)Cc1nnc(-c2ccccc2Br)o1. The van der Waals surface area contributed by atoms with E-state index in [9.17, 15) is 0 Å². The first-order chi connectivity index (χ1) is 11.3. The van der Waals surface area contributed by atoms with Crippen LogP contribution in [0.4, 0.5) is 0 Å². The molecule has 0 atom stereocenters. The average molecular weight is 372 g/mol. The number of hydrogen-bond donors (Lipinski definition) is 0. The van der Waals surface area contributed by atoms with E-state index in [0.717, 1.165) is 23.1 Å². The molecule has 4 nitrogen and oxygen atoms in total. The maximum Gasteiger partial charge on any atom is 0.248 e. The van der Waals surface area contributed by atoms with Crippen molar-refractivity contribution in [2.75, 3.05) is 6.54 Å². The fourth-order valence-corrected chi connectivity index (χ4v) is 2.83. The maximum atomic E-state index is 5.83. The standard InChI is InChI=1S/C18H18BrN3O/c1-2-22(12-14-8-4-3-5-9-14)13-17-20-21-18(23-17)15-10-6-7-11-16(15)19/h3-11H,2,12-13H2,1H3. The van der Waals surface area contributed by atoms with Crippen molar-refractivity contribution in [3.63, 3.8) is 0 Å². The molecule has 0 amide bonds. The van der Waals surface area contributed by atoms with Gasteiger partial charge >= 0.3 is 0 Å². The highest BCUT2D eigenvalue weighted by molar-refractivity contribution is 9.10. The Morgan fingerprint density at radius 3 is 2.43 bits per heavy atom. The van der Waals surface area contributed by atoms with Crippen molar-refractivity contribution in [2.24, 2.45) is 0 Å². The zero-order chi connectivity index (χ0) is 16.1. The largest absolute Gasteiger partial charge is 0.419 e. The molecule has 0 unspecified atom stereocenters. The highest BCUT2D eigenvalue weighted by atomic mass is 79.9. The van der Waals surface area contributed by atoms with Crippen LogP contribution < -0.4 is 0 Å². The van der Waals surface area contributed by atoms with Crippen LogP contribution in [0.25, 0.3) is 11.5 Å². The number of aromatic nitrogens is 2. The van der Waals surface area contributed by atoms with Gasteiger partial charge in [0.05, 0.1) is 12.1 Å². The molecule has 23 heavy (non-hydrogen) atoms. The van der Waals surface area contributed by atoms with Crippen LogP contribution >= 0.6 is 15.9 Å². The van der Waals surface area contributed by atoms with Crippen molar-refractivity contribution >= 4 is 15.9 Å². The van der Waals surface area contributed by atoms with Gasteiger partial charge in [-0.2, -0.15) is 0 Å². The lowest BCUT2D eigenvalue weighted by Gasteiger charge is -2.18. The number of halogens is 1. The minimum Gasteiger partial charge on any atom is -0.419 e. The van der Waals surface area contributed by atoms with Crippen molar-refractivity contribution in [2.45, 2.75) is 20.0 Å². The van der Waals surface area contributed by atoms with Gasteiger partial charge < -0.3 is 4.42 Å². The van der Waals surface area contributed by atoms with Crippen LogP contribution in [-0.4, -0.2) is 21.6 Å². The van der Waals surface area contributed by atoms with Crippen LogP contribution in [0.3, 0.4) is 0 Å². The zero-order valence-corrected chi connectivity index (χ0v) is 14.5. The number of rotatable bonds is 6. The Morgan fingerprint density at radius 1 is 0.957 bits per heavy atom. The van der Waals surface area contributed by atoms with Crippen LogP contribution in [0.5, 0.6) is 0 Å². The van der Waals surface area contributed by atoms with Gasteiger partial charge in [-0.3, -0.25) is 4.90 Å². The van der Waals surface area contributed by atoms with E-state index in [1.54, 1.807) is 0 Å². The second-order valence-corrected chi connectivity index (χ2v) is 6.12. The van der Waals surface area contributed by atoms with Crippen LogP contribution in [0.1, 0.15) is 18.4 Å². The average Bonchev–Trinajstić information content (AvgIpc) is 3.04. The Morgan fingerprint density at radius 2 is 1.70 bits per heavy atom. The van der Waals surface area contributed by atoms with Gasteiger partial charge in [-0.25, -0.2) is 0 Å². The third kappa shape index (κ3) is 4.06. The summed E-state index contributed by atoms with van der Waals surface area (Å²) in [5.41, 5.74) is 2.19. The Balaban J connectivity index is 1.71. The van der Waals surface area contributed by atoms with Gasteiger partial charge in [-0.05, 0) is 40.2 Å². The van der Waals surface area contributed by atoms with Gasteiger partial charge in [0, 0.05) is 11.0 Å². The summed E-state index contributed by atoms with van der Waals surface area (Å²) in [6.45, 7) is 4.56. The molecule has 0 radical (unpaired) electrons. The van der Waals surface area contributed by atoms with Gasteiger partial charge in [-0.1, -0.05) is 49.4 Å². The molecule has 0 saturated heterocycles. The molecule has 5 heteroatoms. The van der Waals surface area contributed by atoms with Crippen LogP contribution in [0.15, 0.2) is 63.5 Å². The predicted octanol–water partition coefficient (Wildman–Crippen LogP) is 4.52. The van der Waals surface area contributed by atoms with Crippen LogP contribution in [-0.2, 0) is 13.1 Å². The zero-order valence-electron chi connectivity index (χ0n) is 12.9. The molecule has 3 rings (SSSR count). The topological polar surface area (TPSA) is 42.2 Å². The summed E-state index contributed by atoms with van der Waals surface area (Å²) in [5.74, 6) is 1.18. The normalized spacial score (nSPS) is 11.1. The molecule has 1 heterocycles. The van der Waals surface area contributed by atoms with Crippen molar-refractivity contribution < 1.29 is 4.42 Å². The summed E-state index contributed by atoms with van der Waals surface area (Å²) >= 11 is 3.51. The summed E-state index contributed by atoms with van der Waals surface area (Å²) in [6.07, 6.45) is 0. The monoisotopic (exact) mass is 371 g/mol. The Hall–Kier alpha value is -1.98. The first-order valence-corrected chi connectivity index (χ1v) is 8.39. The molecule has 2 aromatic carbocycles. The van der Waals surface area contributed by atoms with Gasteiger partial charge in [0.15, 0.2) is 0 Å². The minimum atomic E-state index is 0.545. The molecular formula is C18H18BrN3O. The molecule has 0 aliphatic heterocycles. The molecule has 3 aromatic rings. The quantitative estimate of drug-likeness (QED) is 0.638. The molecule has 0 bridgehead atoms. The Kier molecular flexibility index (Phi) is 5.20. The number of hydrogen-bond acceptors (Lipinski definition) is 4. The molecule has 0 spiro atoms. The predicted molar refractivity (Wildman–Crippen MR) is 93.7 cm³/mol. The van der Waals surface area contributed by atoms with E-state index in [4.69, 9.17) is 4.42 Å². The second kappa shape index (κ2) is 7.53. The van der Waals surface area contributed by atoms with Crippen LogP contribution in [0, 0.1) is 0 Å². The van der Waals surface area contributed by atoms with Crippen LogP contribution in [0.2, 0.25) is 0 Å². The van der Waals surface area contributed by atoms with E-state index in [-0.39, 0.29) is 0 Å². The molecule has 118 valence electrons. The fourth-order valence-electron chi connectivity index (χ4n) is 2.37. The minimum absolute atomic E-state index is 0.545. The van der Waals surface area contributed by atoms with Gasteiger partial charge in [0.1, 0.15) is 0 Å². The van der Waals surface area contributed by atoms with Gasteiger partial charge in [0.25, 0.3) is 0 Å². The van der Waals surface area contributed by atoms with Crippen molar-refractivity contribution in [3.8, 4) is 11.5 Å². The highest BCUT2D eigenvalue weighted by Gasteiger charge is 2.13. The first kappa shape index (κ1) is 15.9. The number of benzene rings is 2. The molecule has 0 aliphatic carbocycles. The van der Waals surface area contributed by atoms with E-state index in [1.807, 2.05) is 30.3 Å². The molecule has 0 N–H and O–H groups in total. The summed E-state index contributed by atoms with van der Waals surface area (Å²) in [7, 11) is 0. The van der Waals surface area contributed by atoms with E-state index < -0.39 is 0 Å². The smallest absolute Gasteiger partial charge is 0.248 e. The Labute approximate surface area is 144 Å². The summed E-state index contributed by atoms with van der Waals surface area (Å²) < 4.78 is 6.78. The summed E-state index contributed by atoms with van der Waals surface area (Å²) in [6, 6.07) is 18.2. The lowest BCUT2D eigenvalue weighted by atomic mass is 10.2. The summed E-state index contributed by atoms with van der Waals surface area (Å²) in [4.78, 5) is 2.27. The molecule has 1 aromatic heterocycles. The lowest BCUT2D eigenvalue weighted by Crippen LogP contribution is -2.22. The third-order valence-electron chi connectivity index (χ3n) is 3.63. The van der Waals surface area contributed by atoms with E-state index >= 15 is 0 Å². The molecule has 0 saturated carbocycles. The van der Waals surface area contributed by atoms with Crippen molar-refractivity contribution in [1.29, 1.82) is 0 Å². The Bertz CT molecular complexity index is 758. The van der Waals surface area contributed by atoms with E-state index in [2.05, 4.69) is 62.2 Å². The van der Waals surface area contributed by atoms with Crippen molar-refractivity contribution in [3.05, 3.63) is 70.5 Å². The fraction of sp³-hybridized carbons (Fsp3) is 0.222.